The van der Waals surface area contributed by atoms with Crippen LogP contribution in [-0.2, 0) is 4.79 Å². The first-order chi connectivity index (χ1) is 12.9. The molecule has 0 aromatic heterocycles. The molecule has 0 bridgehead atoms. The molecule has 1 N–H and O–H groups in total. The summed E-state index contributed by atoms with van der Waals surface area (Å²) >= 11 is 5.97. The van der Waals surface area contributed by atoms with Gasteiger partial charge in [0, 0.05) is 42.5 Å². The van der Waals surface area contributed by atoms with Crippen molar-refractivity contribution in [3.8, 4) is 0 Å². The molecule has 2 amide bonds. The molecule has 0 aliphatic carbocycles. The number of halogens is 1. The van der Waals surface area contributed by atoms with Crippen LogP contribution in [0.4, 0.5) is 5.69 Å². The molecule has 0 unspecified atom stereocenters. The molecule has 0 radical (unpaired) electrons. The summed E-state index contributed by atoms with van der Waals surface area (Å²) in [5.41, 5.74) is 3.70. The molecule has 27 heavy (non-hydrogen) atoms. The van der Waals surface area contributed by atoms with Crippen molar-refractivity contribution in [2.24, 2.45) is 0 Å². The molecule has 1 heterocycles. The molecule has 1 saturated heterocycles. The number of amides is 2. The molecule has 1 aliphatic heterocycles. The van der Waals surface area contributed by atoms with Crippen LogP contribution in [-0.4, -0.2) is 54.3 Å². The van der Waals surface area contributed by atoms with Crippen molar-refractivity contribution in [3.63, 3.8) is 0 Å². The standard InChI is InChI=1S/C21H24ClN3O2/c1-15-5-3-8-19(16(15)2)23-20(26)14-24-9-11-25(12-10-24)21(27)17-6-4-7-18(22)13-17/h3-8,13H,9-12,14H2,1-2H3,(H,23,26). The summed E-state index contributed by atoms with van der Waals surface area (Å²) in [5.74, 6) is -0.0460. The van der Waals surface area contributed by atoms with E-state index in [-0.39, 0.29) is 11.8 Å². The monoisotopic (exact) mass is 385 g/mol. The Morgan fingerprint density at radius 1 is 1.04 bits per heavy atom. The van der Waals surface area contributed by atoms with Crippen molar-refractivity contribution in [1.29, 1.82) is 0 Å². The first kappa shape index (κ1) is 19.4. The summed E-state index contributed by atoms with van der Waals surface area (Å²) in [6.45, 7) is 6.90. The van der Waals surface area contributed by atoms with Gasteiger partial charge in [-0.25, -0.2) is 0 Å². The van der Waals surface area contributed by atoms with Gasteiger partial charge in [-0.3, -0.25) is 14.5 Å². The fourth-order valence-electron chi connectivity index (χ4n) is 3.19. The summed E-state index contributed by atoms with van der Waals surface area (Å²) in [5, 5.41) is 3.55. The second kappa shape index (κ2) is 8.55. The molecular weight excluding hydrogens is 362 g/mol. The Balaban J connectivity index is 1.51. The fourth-order valence-corrected chi connectivity index (χ4v) is 3.38. The molecule has 0 atom stereocenters. The van der Waals surface area contributed by atoms with E-state index in [1.807, 2.05) is 36.9 Å². The topological polar surface area (TPSA) is 52.7 Å². The van der Waals surface area contributed by atoms with Crippen LogP contribution in [0.2, 0.25) is 5.02 Å². The number of anilines is 1. The van der Waals surface area contributed by atoms with Crippen LogP contribution in [0.3, 0.4) is 0 Å². The highest BCUT2D eigenvalue weighted by atomic mass is 35.5. The van der Waals surface area contributed by atoms with Crippen molar-refractivity contribution in [3.05, 3.63) is 64.2 Å². The number of nitrogens with one attached hydrogen (secondary N) is 1. The summed E-state index contributed by atoms with van der Waals surface area (Å²) in [6, 6.07) is 12.9. The highest BCUT2D eigenvalue weighted by Crippen LogP contribution is 2.18. The van der Waals surface area contributed by atoms with Crippen LogP contribution in [0, 0.1) is 13.8 Å². The van der Waals surface area contributed by atoms with Gasteiger partial charge < -0.3 is 10.2 Å². The Morgan fingerprint density at radius 3 is 2.44 bits per heavy atom. The Labute approximate surface area is 164 Å². The van der Waals surface area contributed by atoms with E-state index in [2.05, 4.69) is 10.2 Å². The van der Waals surface area contributed by atoms with Gasteiger partial charge in [-0.05, 0) is 49.2 Å². The van der Waals surface area contributed by atoms with E-state index in [1.165, 1.54) is 0 Å². The van der Waals surface area contributed by atoms with Gasteiger partial charge in [0.2, 0.25) is 5.91 Å². The minimum absolute atomic E-state index is 0.0167. The zero-order valence-electron chi connectivity index (χ0n) is 15.7. The van der Waals surface area contributed by atoms with Crippen molar-refractivity contribution in [1.82, 2.24) is 9.80 Å². The predicted molar refractivity (Wildman–Crippen MR) is 108 cm³/mol. The predicted octanol–water partition coefficient (Wildman–Crippen LogP) is 3.35. The number of hydrogen-bond donors (Lipinski definition) is 1. The molecule has 6 heteroatoms. The highest BCUT2D eigenvalue weighted by molar-refractivity contribution is 6.30. The van der Waals surface area contributed by atoms with E-state index in [0.29, 0.717) is 43.3 Å². The number of carbonyl (C=O) groups excluding carboxylic acids is 2. The smallest absolute Gasteiger partial charge is 0.253 e. The van der Waals surface area contributed by atoms with E-state index in [4.69, 9.17) is 11.6 Å². The molecule has 3 rings (SSSR count). The zero-order chi connectivity index (χ0) is 19.4. The Hall–Kier alpha value is -2.37. The number of nitrogens with zero attached hydrogens (tertiary/aromatic N) is 2. The first-order valence-electron chi connectivity index (χ1n) is 9.07. The highest BCUT2D eigenvalue weighted by Gasteiger charge is 2.23. The van der Waals surface area contributed by atoms with Crippen molar-refractivity contribution >= 4 is 29.1 Å². The van der Waals surface area contributed by atoms with Crippen LogP contribution < -0.4 is 5.32 Å². The summed E-state index contributed by atoms with van der Waals surface area (Å²) in [6.07, 6.45) is 0. The minimum Gasteiger partial charge on any atom is -0.336 e. The second-order valence-electron chi connectivity index (χ2n) is 6.87. The second-order valence-corrected chi connectivity index (χ2v) is 7.31. The Bertz CT molecular complexity index is 845. The lowest BCUT2D eigenvalue weighted by atomic mass is 10.1. The molecule has 1 aliphatic rings. The van der Waals surface area contributed by atoms with Crippen LogP contribution in [0.5, 0.6) is 0 Å². The summed E-state index contributed by atoms with van der Waals surface area (Å²) < 4.78 is 0. The van der Waals surface area contributed by atoms with Crippen LogP contribution in [0.15, 0.2) is 42.5 Å². The molecule has 2 aromatic rings. The lowest BCUT2D eigenvalue weighted by molar-refractivity contribution is -0.117. The van der Waals surface area contributed by atoms with Gasteiger partial charge in [-0.1, -0.05) is 29.8 Å². The van der Waals surface area contributed by atoms with Crippen LogP contribution >= 0.6 is 11.6 Å². The van der Waals surface area contributed by atoms with Crippen molar-refractivity contribution < 1.29 is 9.59 Å². The number of benzene rings is 2. The maximum atomic E-state index is 12.6. The zero-order valence-corrected chi connectivity index (χ0v) is 16.4. The van der Waals surface area contributed by atoms with Crippen molar-refractivity contribution in [2.75, 3.05) is 38.0 Å². The molecule has 0 saturated carbocycles. The normalized spacial score (nSPS) is 14.9. The lowest BCUT2D eigenvalue weighted by Crippen LogP contribution is -2.50. The number of rotatable bonds is 4. The third-order valence-corrected chi connectivity index (χ3v) is 5.21. The number of aryl methyl sites for hydroxylation is 1. The Kier molecular flexibility index (Phi) is 6.14. The Morgan fingerprint density at radius 2 is 1.74 bits per heavy atom. The molecule has 5 nitrogen and oxygen atoms in total. The van der Waals surface area contributed by atoms with E-state index < -0.39 is 0 Å². The van der Waals surface area contributed by atoms with Gasteiger partial charge in [0.1, 0.15) is 0 Å². The fraction of sp³-hybridized carbons (Fsp3) is 0.333. The lowest BCUT2D eigenvalue weighted by Gasteiger charge is -2.34. The SMILES string of the molecule is Cc1cccc(NC(=O)CN2CCN(C(=O)c3cccc(Cl)c3)CC2)c1C. The van der Waals surface area contributed by atoms with Gasteiger partial charge in [0.15, 0.2) is 0 Å². The molecule has 2 aromatic carbocycles. The molecular formula is C21H24ClN3O2. The van der Waals surface area contributed by atoms with Crippen LogP contribution in [0.1, 0.15) is 21.5 Å². The third kappa shape index (κ3) is 4.87. The van der Waals surface area contributed by atoms with Gasteiger partial charge in [-0.2, -0.15) is 0 Å². The third-order valence-electron chi connectivity index (χ3n) is 4.98. The molecule has 1 fully saturated rings. The minimum atomic E-state index is -0.0293. The van der Waals surface area contributed by atoms with E-state index in [0.717, 1.165) is 16.8 Å². The maximum Gasteiger partial charge on any atom is 0.253 e. The number of hydrogen-bond acceptors (Lipinski definition) is 3. The maximum absolute atomic E-state index is 12.6. The van der Waals surface area contributed by atoms with E-state index in [9.17, 15) is 9.59 Å². The quantitative estimate of drug-likeness (QED) is 0.878. The van der Waals surface area contributed by atoms with Crippen molar-refractivity contribution in [2.45, 2.75) is 13.8 Å². The van der Waals surface area contributed by atoms with E-state index in [1.54, 1.807) is 24.3 Å². The summed E-state index contributed by atoms with van der Waals surface area (Å²) in [7, 11) is 0. The number of piperazine rings is 1. The number of carbonyl (C=O) groups is 2. The first-order valence-corrected chi connectivity index (χ1v) is 9.45. The molecule has 0 spiro atoms. The van der Waals surface area contributed by atoms with Gasteiger partial charge in [0.05, 0.1) is 6.54 Å². The molecule has 142 valence electrons. The average molecular weight is 386 g/mol. The van der Waals surface area contributed by atoms with Gasteiger partial charge >= 0.3 is 0 Å². The van der Waals surface area contributed by atoms with Gasteiger partial charge in [0.25, 0.3) is 5.91 Å². The van der Waals surface area contributed by atoms with Crippen LogP contribution in [0.25, 0.3) is 0 Å². The van der Waals surface area contributed by atoms with Gasteiger partial charge in [-0.15, -0.1) is 0 Å². The van der Waals surface area contributed by atoms with E-state index >= 15 is 0 Å². The average Bonchev–Trinajstić information content (AvgIpc) is 2.65. The summed E-state index contributed by atoms with van der Waals surface area (Å²) in [4.78, 5) is 28.8. The largest absolute Gasteiger partial charge is 0.336 e.